The van der Waals surface area contributed by atoms with Crippen LogP contribution in [-0.2, 0) is 4.79 Å². The molecular weight excluding hydrogens is 336 g/mol. The van der Waals surface area contributed by atoms with E-state index in [0.717, 1.165) is 64.2 Å². The van der Waals surface area contributed by atoms with E-state index in [-0.39, 0.29) is 5.92 Å². The van der Waals surface area contributed by atoms with Crippen LogP contribution in [0.2, 0.25) is 0 Å². The van der Waals surface area contributed by atoms with Crippen LogP contribution in [0.15, 0.2) is 0 Å². The Labute approximate surface area is 158 Å². The molecule has 0 rings (SSSR count). The van der Waals surface area contributed by atoms with Crippen molar-refractivity contribution in [2.24, 2.45) is 5.92 Å². The van der Waals surface area contributed by atoms with Gasteiger partial charge in [0.15, 0.2) is 5.78 Å². The lowest BCUT2D eigenvalue weighted by Gasteiger charge is -2.28. The highest BCUT2D eigenvalue weighted by Gasteiger charge is 2.36. The van der Waals surface area contributed by atoms with E-state index in [1.807, 2.05) is 0 Å². The summed E-state index contributed by atoms with van der Waals surface area (Å²) in [5.41, 5.74) is 0. The Morgan fingerprint density at radius 2 is 1.19 bits per heavy atom. The highest BCUT2D eigenvalue weighted by atomic mass is 16.4. The first-order valence-electron chi connectivity index (χ1n) is 10.3. The van der Waals surface area contributed by atoms with Crippen LogP contribution in [0.5, 0.6) is 0 Å². The molecule has 5 N–H and O–H groups in total. The molecule has 0 aliphatic rings. The zero-order valence-electron chi connectivity index (χ0n) is 16.5. The van der Waals surface area contributed by atoms with Crippen LogP contribution in [0.4, 0.5) is 0 Å². The molecule has 26 heavy (non-hydrogen) atoms. The summed E-state index contributed by atoms with van der Waals surface area (Å²) < 4.78 is 0. The van der Waals surface area contributed by atoms with Gasteiger partial charge in [-0.3, -0.25) is 4.79 Å². The van der Waals surface area contributed by atoms with E-state index >= 15 is 0 Å². The molecular formula is C20H40O6. The number of carbonyl (C=O) groups excluding carboxylic acids is 1. The van der Waals surface area contributed by atoms with E-state index in [2.05, 4.69) is 13.8 Å². The van der Waals surface area contributed by atoms with Crippen molar-refractivity contribution in [2.45, 2.75) is 109 Å². The Bertz CT molecular complexity index is 349. The maximum atomic E-state index is 12.0. The number of carbonyl (C=O) groups is 1. The lowest BCUT2D eigenvalue weighted by atomic mass is 9.85. The van der Waals surface area contributed by atoms with Crippen molar-refractivity contribution in [3.05, 3.63) is 0 Å². The molecule has 0 radical (unpaired) electrons. The van der Waals surface area contributed by atoms with E-state index in [0.29, 0.717) is 0 Å². The molecule has 0 bridgehead atoms. The first-order chi connectivity index (χ1) is 12.4. The average Bonchev–Trinajstić information content (AvgIpc) is 2.66. The molecule has 0 aromatic heterocycles. The topological polar surface area (TPSA) is 118 Å². The quantitative estimate of drug-likeness (QED) is 0.248. The molecule has 2 unspecified atom stereocenters. The summed E-state index contributed by atoms with van der Waals surface area (Å²) >= 11 is 0. The molecule has 0 spiro atoms. The maximum absolute atomic E-state index is 12.0. The van der Waals surface area contributed by atoms with Crippen molar-refractivity contribution in [3.8, 4) is 0 Å². The van der Waals surface area contributed by atoms with Gasteiger partial charge >= 0.3 is 0 Å². The number of unbranched alkanes of at least 4 members (excludes halogenated alkanes) is 7. The highest BCUT2D eigenvalue weighted by Crippen LogP contribution is 2.24. The molecule has 6 nitrogen and oxygen atoms in total. The van der Waals surface area contributed by atoms with Crippen molar-refractivity contribution in [1.82, 2.24) is 0 Å². The summed E-state index contributed by atoms with van der Waals surface area (Å²) in [6.07, 6.45) is 4.52. The van der Waals surface area contributed by atoms with E-state index in [1.54, 1.807) is 0 Å². The first-order valence-corrected chi connectivity index (χ1v) is 10.3. The van der Waals surface area contributed by atoms with Crippen LogP contribution in [0.1, 0.15) is 84.5 Å². The van der Waals surface area contributed by atoms with Crippen LogP contribution < -0.4 is 0 Å². The van der Waals surface area contributed by atoms with Crippen LogP contribution >= 0.6 is 0 Å². The zero-order valence-corrected chi connectivity index (χ0v) is 16.5. The van der Waals surface area contributed by atoms with Crippen molar-refractivity contribution < 1.29 is 30.3 Å². The smallest absolute Gasteiger partial charge is 0.195 e. The predicted molar refractivity (Wildman–Crippen MR) is 102 cm³/mol. The summed E-state index contributed by atoms with van der Waals surface area (Å²) in [6, 6.07) is 0. The standard InChI is InChI=1S/C20H40O6/c1-3-5-7-9-11-13-15(12-10-8-6-4-2)17(23)19(25)20(26)18(24)16(22)14-21/h15-19,21-25H,3-14H2,1-2H3/t15?,16-,17?,18-,19+/m1/s1. The molecule has 0 aromatic rings. The largest absolute Gasteiger partial charge is 0.394 e. The van der Waals surface area contributed by atoms with Gasteiger partial charge in [-0.15, -0.1) is 0 Å². The third-order valence-electron chi connectivity index (χ3n) is 5.05. The number of aliphatic hydroxyl groups is 5. The normalized spacial score (nSPS) is 17.5. The molecule has 156 valence electrons. The van der Waals surface area contributed by atoms with E-state index in [9.17, 15) is 25.2 Å². The van der Waals surface area contributed by atoms with Crippen molar-refractivity contribution in [3.63, 3.8) is 0 Å². The molecule has 5 atom stereocenters. The second-order valence-corrected chi connectivity index (χ2v) is 7.34. The molecule has 0 heterocycles. The SMILES string of the molecule is CCCCCCCC(CCCCCC)C(O)[C@H](O)C(=O)[C@H](O)[C@H](O)CO. The summed E-state index contributed by atoms with van der Waals surface area (Å²) in [4.78, 5) is 12.0. The van der Waals surface area contributed by atoms with Gasteiger partial charge in [-0.25, -0.2) is 0 Å². The lowest BCUT2D eigenvalue weighted by Crippen LogP contribution is -2.48. The van der Waals surface area contributed by atoms with Crippen molar-refractivity contribution in [2.75, 3.05) is 6.61 Å². The van der Waals surface area contributed by atoms with Crippen LogP contribution in [0.3, 0.4) is 0 Å². The monoisotopic (exact) mass is 376 g/mol. The second kappa shape index (κ2) is 15.5. The van der Waals surface area contributed by atoms with Gasteiger partial charge in [0, 0.05) is 0 Å². The van der Waals surface area contributed by atoms with Crippen molar-refractivity contribution >= 4 is 5.78 Å². The molecule has 0 aliphatic carbocycles. The number of hydrogen-bond acceptors (Lipinski definition) is 6. The minimum absolute atomic E-state index is 0.217. The third kappa shape index (κ3) is 9.97. The predicted octanol–water partition coefficient (Wildman–Crippen LogP) is 1.94. The Hall–Kier alpha value is -0.530. The Morgan fingerprint density at radius 3 is 1.65 bits per heavy atom. The van der Waals surface area contributed by atoms with Gasteiger partial charge in [0.25, 0.3) is 0 Å². The van der Waals surface area contributed by atoms with Gasteiger partial charge in [0.1, 0.15) is 18.3 Å². The van der Waals surface area contributed by atoms with Crippen LogP contribution in [0.25, 0.3) is 0 Å². The molecule has 0 aliphatic heterocycles. The minimum Gasteiger partial charge on any atom is -0.394 e. The number of Topliss-reactive ketones (excluding diaryl/α,β-unsaturated/α-hetero) is 1. The number of rotatable bonds is 17. The molecule has 0 saturated carbocycles. The maximum Gasteiger partial charge on any atom is 0.195 e. The van der Waals surface area contributed by atoms with Gasteiger partial charge in [0.2, 0.25) is 0 Å². The zero-order chi connectivity index (χ0) is 19.9. The van der Waals surface area contributed by atoms with Crippen molar-refractivity contribution in [1.29, 1.82) is 0 Å². The van der Waals surface area contributed by atoms with Crippen LogP contribution in [0, 0.1) is 5.92 Å². The van der Waals surface area contributed by atoms with Gasteiger partial charge in [-0.2, -0.15) is 0 Å². The second-order valence-electron chi connectivity index (χ2n) is 7.34. The Kier molecular flexibility index (Phi) is 15.2. The third-order valence-corrected chi connectivity index (χ3v) is 5.05. The average molecular weight is 377 g/mol. The molecule has 0 fully saturated rings. The van der Waals surface area contributed by atoms with E-state index in [1.165, 1.54) is 6.42 Å². The summed E-state index contributed by atoms with van der Waals surface area (Å²) in [7, 11) is 0. The first kappa shape index (κ1) is 25.5. The minimum atomic E-state index is -1.89. The Morgan fingerprint density at radius 1 is 0.731 bits per heavy atom. The molecule has 6 heteroatoms. The van der Waals surface area contributed by atoms with Gasteiger partial charge < -0.3 is 25.5 Å². The number of hydrogen-bond donors (Lipinski definition) is 5. The summed E-state index contributed by atoms with van der Waals surface area (Å²) in [5, 5.41) is 48.5. The van der Waals surface area contributed by atoms with Gasteiger partial charge in [-0.1, -0.05) is 71.6 Å². The fourth-order valence-corrected chi connectivity index (χ4v) is 3.22. The molecule has 0 saturated heterocycles. The lowest BCUT2D eigenvalue weighted by molar-refractivity contribution is -0.151. The summed E-state index contributed by atoms with van der Waals surface area (Å²) in [6.45, 7) is 3.48. The summed E-state index contributed by atoms with van der Waals surface area (Å²) in [5.74, 6) is -1.26. The van der Waals surface area contributed by atoms with Crippen LogP contribution in [-0.4, -0.2) is 62.3 Å². The number of ketones is 1. The van der Waals surface area contributed by atoms with E-state index in [4.69, 9.17) is 5.11 Å². The Balaban J connectivity index is 4.70. The fraction of sp³-hybridized carbons (Fsp3) is 0.950. The van der Waals surface area contributed by atoms with Gasteiger partial charge in [0.05, 0.1) is 12.7 Å². The highest BCUT2D eigenvalue weighted by molar-refractivity contribution is 5.88. The van der Waals surface area contributed by atoms with E-state index < -0.39 is 36.8 Å². The fourth-order valence-electron chi connectivity index (χ4n) is 3.22. The molecule has 0 aromatic carbocycles. The molecule has 0 amide bonds. The van der Waals surface area contributed by atoms with Gasteiger partial charge in [-0.05, 0) is 18.8 Å². The number of aliphatic hydroxyl groups excluding tert-OH is 5.